The molecule has 21 heavy (non-hydrogen) atoms. The van der Waals surface area contributed by atoms with Gasteiger partial charge >= 0.3 is 6.18 Å². The predicted octanol–water partition coefficient (Wildman–Crippen LogP) is 5.51. The highest BCUT2D eigenvalue weighted by Gasteiger charge is 2.32. The smallest absolute Gasteiger partial charge is 0.369 e. The minimum atomic E-state index is -4.36. The molecule has 0 spiro atoms. The second-order valence-corrected chi connectivity index (χ2v) is 5.67. The maximum atomic E-state index is 12.5. The molecule has 1 aromatic heterocycles. The Kier molecular flexibility index (Phi) is 4.98. The van der Waals surface area contributed by atoms with Gasteiger partial charge in [0.15, 0.2) is 0 Å². The molecule has 0 saturated carbocycles. The van der Waals surface area contributed by atoms with E-state index in [-0.39, 0.29) is 33.4 Å². The van der Waals surface area contributed by atoms with Crippen molar-refractivity contribution in [3.8, 4) is 0 Å². The fraction of sp³-hybridized carbons (Fsp3) is 0.250. The van der Waals surface area contributed by atoms with Crippen LogP contribution in [0.25, 0.3) is 0 Å². The van der Waals surface area contributed by atoms with E-state index >= 15 is 0 Å². The minimum absolute atomic E-state index is 0.00595. The molecule has 0 atom stereocenters. The third kappa shape index (κ3) is 3.77. The van der Waals surface area contributed by atoms with Crippen LogP contribution < -0.4 is 0 Å². The molecular formula is C12H7Cl4F3N2. The molecule has 0 radical (unpaired) electrons. The van der Waals surface area contributed by atoms with Gasteiger partial charge in [0.05, 0.1) is 15.6 Å². The van der Waals surface area contributed by atoms with E-state index in [2.05, 4.69) is 4.98 Å². The monoisotopic (exact) mass is 376 g/mol. The Hall–Kier alpha value is -0.620. The van der Waals surface area contributed by atoms with Crippen molar-refractivity contribution >= 4 is 46.4 Å². The lowest BCUT2D eigenvalue weighted by Gasteiger charge is -2.24. The minimum Gasteiger partial charge on any atom is -0.369 e. The maximum Gasteiger partial charge on any atom is 0.416 e. The van der Waals surface area contributed by atoms with Gasteiger partial charge in [0.2, 0.25) is 0 Å². The van der Waals surface area contributed by atoms with E-state index in [0.717, 1.165) is 12.2 Å². The molecule has 0 bridgehead atoms. The van der Waals surface area contributed by atoms with Crippen LogP contribution in [0, 0.1) is 0 Å². The lowest BCUT2D eigenvalue weighted by atomic mass is 10.1. The van der Waals surface area contributed by atoms with Crippen LogP contribution in [0.3, 0.4) is 0 Å². The van der Waals surface area contributed by atoms with Crippen LogP contribution in [0.1, 0.15) is 5.56 Å². The molecule has 2 nitrogen and oxygen atoms in total. The number of pyridine rings is 1. The molecule has 1 aromatic rings. The average molecular weight is 378 g/mol. The van der Waals surface area contributed by atoms with Crippen molar-refractivity contribution in [3.05, 3.63) is 49.8 Å². The topological polar surface area (TPSA) is 16.1 Å². The van der Waals surface area contributed by atoms with Crippen molar-refractivity contribution in [2.45, 2.75) is 12.7 Å². The van der Waals surface area contributed by atoms with Crippen LogP contribution in [0.4, 0.5) is 13.2 Å². The zero-order valence-electron chi connectivity index (χ0n) is 10.2. The molecule has 0 aliphatic carbocycles. The van der Waals surface area contributed by atoms with Gasteiger partial charge in [-0.1, -0.05) is 52.5 Å². The first-order valence-electron chi connectivity index (χ1n) is 5.58. The molecule has 0 N–H and O–H groups in total. The van der Waals surface area contributed by atoms with Gasteiger partial charge in [0.1, 0.15) is 10.3 Å². The molecule has 0 unspecified atom stereocenters. The highest BCUT2D eigenvalue weighted by atomic mass is 35.5. The van der Waals surface area contributed by atoms with E-state index in [1.807, 2.05) is 0 Å². The fourth-order valence-corrected chi connectivity index (χ4v) is 2.61. The van der Waals surface area contributed by atoms with Crippen molar-refractivity contribution in [1.29, 1.82) is 0 Å². The van der Waals surface area contributed by atoms with Gasteiger partial charge < -0.3 is 4.90 Å². The third-order valence-electron chi connectivity index (χ3n) is 2.79. The molecule has 1 aliphatic rings. The summed E-state index contributed by atoms with van der Waals surface area (Å²) in [5.41, 5.74) is -0.279. The fourth-order valence-electron chi connectivity index (χ4n) is 1.73. The van der Waals surface area contributed by atoms with Crippen molar-refractivity contribution < 1.29 is 13.2 Å². The summed E-state index contributed by atoms with van der Waals surface area (Å²) >= 11 is 23.6. The predicted molar refractivity (Wildman–Crippen MR) is 78.0 cm³/mol. The number of rotatable bonds is 2. The van der Waals surface area contributed by atoms with Gasteiger partial charge in [0, 0.05) is 24.9 Å². The number of aromatic nitrogens is 1. The second-order valence-electron chi connectivity index (χ2n) is 4.20. The van der Waals surface area contributed by atoms with E-state index in [1.54, 1.807) is 4.90 Å². The lowest BCUT2D eigenvalue weighted by molar-refractivity contribution is -0.0889. The summed E-state index contributed by atoms with van der Waals surface area (Å²) in [6, 6.07) is 0. The molecule has 0 saturated heterocycles. The van der Waals surface area contributed by atoms with Gasteiger partial charge in [-0.15, -0.1) is 0 Å². The molecule has 0 fully saturated rings. The normalized spacial score (nSPS) is 15.4. The number of hydrogen-bond acceptors (Lipinski definition) is 2. The molecule has 0 amide bonds. The van der Waals surface area contributed by atoms with E-state index in [4.69, 9.17) is 46.4 Å². The quantitative estimate of drug-likeness (QED) is 0.631. The van der Waals surface area contributed by atoms with Crippen LogP contribution in [0.5, 0.6) is 0 Å². The van der Waals surface area contributed by atoms with Gasteiger partial charge in [-0.25, -0.2) is 4.98 Å². The summed E-state index contributed by atoms with van der Waals surface area (Å²) in [5, 5.41) is 0.247. The van der Waals surface area contributed by atoms with Gasteiger partial charge in [-0.3, -0.25) is 0 Å². The SMILES string of the molecule is FC(F)(F)C1=CCN(Cc2c(Cl)c(Cl)nc(Cl)c2Cl)C=C1. The number of nitrogens with zero attached hydrogens (tertiary/aromatic N) is 2. The Morgan fingerprint density at radius 3 is 2.10 bits per heavy atom. The summed E-state index contributed by atoms with van der Waals surface area (Å²) in [4.78, 5) is 5.33. The van der Waals surface area contributed by atoms with Gasteiger partial charge in [-0.2, -0.15) is 13.2 Å². The zero-order chi connectivity index (χ0) is 15.8. The van der Waals surface area contributed by atoms with Crippen molar-refractivity contribution in [2.75, 3.05) is 6.54 Å². The second kappa shape index (κ2) is 6.24. The Morgan fingerprint density at radius 2 is 1.67 bits per heavy atom. The first-order valence-corrected chi connectivity index (χ1v) is 7.10. The Morgan fingerprint density at radius 1 is 1.10 bits per heavy atom. The zero-order valence-corrected chi connectivity index (χ0v) is 13.2. The molecular weight excluding hydrogens is 371 g/mol. The molecule has 2 rings (SSSR count). The number of hydrogen-bond donors (Lipinski definition) is 0. The average Bonchev–Trinajstić information content (AvgIpc) is 2.41. The van der Waals surface area contributed by atoms with E-state index in [9.17, 15) is 13.2 Å². The highest BCUT2D eigenvalue weighted by Crippen LogP contribution is 2.36. The molecule has 2 heterocycles. The highest BCUT2D eigenvalue weighted by molar-refractivity contribution is 6.46. The molecule has 0 aromatic carbocycles. The molecule has 1 aliphatic heterocycles. The van der Waals surface area contributed by atoms with Crippen LogP contribution in [0.15, 0.2) is 23.9 Å². The van der Waals surface area contributed by atoms with E-state index in [0.29, 0.717) is 5.56 Å². The number of allylic oxidation sites excluding steroid dienone is 2. The molecule has 9 heteroatoms. The third-order valence-corrected chi connectivity index (χ3v) is 4.34. The Bertz CT molecular complexity index is 600. The standard InChI is InChI=1S/C12H7Cl4F3N2/c13-8-7(9(14)11(16)20-10(8)15)5-21-3-1-6(2-4-21)12(17,18)19/h1-3H,4-5H2. The summed E-state index contributed by atoms with van der Waals surface area (Å²) in [5.74, 6) is 0. The Labute approximate surface area is 138 Å². The van der Waals surface area contributed by atoms with E-state index in [1.165, 1.54) is 6.20 Å². The summed E-state index contributed by atoms with van der Waals surface area (Å²) in [6.45, 7) is 0.229. The largest absolute Gasteiger partial charge is 0.416 e. The van der Waals surface area contributed by atoms with E-state index < -0.39 is 11.7 Å². The van der Waals surface area contributed by atoms with Crippen LogP contribution in [-0.4, -0.2) is 22.6 Å². The lowest BCUT2D eigenvalue weighted by Crippen LogP contribution is -2.23. The van der Waals surface area contributed by atoms with Crippen molar-refractivity contribution in [2.24, 2.45) is 0 Å². The first kappa shape index (κ1) is 16.7. The maximum absolute atomic E-state index is 12.5. The van der Waals surface area contributed by atoms with Crippen LogP contribution in [0.2, 0.25) is 20.4 Å². The summed E-state index contributed by atoms with van der Waals surface area (Å²) in [6.07, 6.45) is -0.985. The number of alkyl halides is 3. The molecule has 114 valence electrons. The van der Waals surface area contributed by atoms with Gasteiger partial charge in [0.25, 0.3) is 0 Å². The number of halogens is 7. The van der Waals surface area contributed by atoms with Crippen molar-refractivity contribution in [3.63, 3.8) is 0 Å². The Balaban J connectivity index is 2.20. The van der Waals surface area contributed by atoms with Crippen LogP contribution >= 0.6 is 46.4 Å². The summed E-state index contributed by atoms with van der Waals surface area (Å²) < 4.78 is 37.5. The van der Waals surface area contributed by atoms with Crippen molar-refractivity contribution in [1.82, 2.24) is 9.88 Å². The summed E-state index contributed by atoms with van der Waals surface area (Å²) in [7, 11) is 0. The first-order chi connectivity index (χ1) is 9.70. The van der Waals surface area contributed by atoms with Gasteiger partial charge in [-0.05, 0) is 6.08 Å². The van der Waals surface area contributed by atoms with Crippen LogP contribution in [-0.2, 0) is 6.54 Å².